The number of anilines is 3. The summed E-state index contributed by atoms with van der Waals surface area (Å²) >= 11 is 0. The Labute approximate surface area is 350 Å². The largest absolute Gasteiger partial charge is 0.310 e. The first-order chi connectivity index (χ1) is 29.7. The van der Waals surface area contributed by atoms with Crippen LogP contribution in [0.5, 0.6) is 0 Å². The van der Waals surface area contributed by atoms with Gasteiger partial charge in [0, 0.05) is 33.5 Å². The second-order valence-corrected chi connectivity index (χ2v) is 15.4. The van der Waals surface area contributed by atoms with Crippen molar-refractivity contribution in [3.05, 3.63) is 243 Å². The summed E-state index contributed by atoms with van der Waals surface area (Å²) in [5, 5.41) is 4.97. The Morgan fingerprint density at radius 2 is 0.783 bits per heavy atom. The van der Waals surface area contributed by atoms with Gasteiger partial charge in [0.05, 0.1) is 11.0 Å². The Hall–Kier alpha value is -7.94. The van der Waals surface area contributed by atoms with E-state index in [1.54, 1.807) is 0 Å². The molecule has 11 rings (SSSR count). The molecule has 0 N–H and O–H groups in total. The molecule has 0 radical (unpaired) electrons. The van der Waals surface area contributed by atoms with E-state index in [-0.39, 0.29) is 0 Å². The van der Waals surface area contributed by atoms with Crippen LogP contribution in [0.15, 0.2) is 243 Å². The maximum atomic E-state index is 2.39. The van der Waals surface area contributed by atoms with Crippen molar-refractivity contribution in [3.63, 3.8) is 0 Å². The third-order valence-electron chi connectivity index (χ3n) is 11.8. The first-order valence-corrected chi connectivity index (χ1v) is 20.6. The van der Waals surface area contributed by atoms with Crippen LogP contribution in [0.4, 0.5) is 17.1 Å². The summed E-state index contributed by atoms with van der Waals surface area (Å²) < 4.78 is 2.39. The van der Waals surface area contributed by atoms with Gasteiger partial charge in [-0.05, 0) is 122 Å². The fraction of sp³-hybridized carbons (Fsp3) is 0. The van der Waals surface area contributed by atoms with Gasteiger partial charge in [0.15, 0.2) is 0 Å². The topological polar surface area (TPSA) is 8.17 Å². The van der Waals surface area contributed by atoms with Gasteiger partial charge in [0.2, 0.25) is 0 Å². The number of rotatable bonds is 8. The standard InChI is InChI=1S/C58H40N2/c1-3-14-41(15-4-1)43-28-30-44(31-29-43)45-34-36-51(37-35-45)59(52-22-11-18-47(39-52)48-33-32-42-16-7-8-17-46(42)38-48)53-23-12-19-49(40-53)54-25-13-27-57-58(54)55-24-9-10-26-56(55)60(57)50-20-5-2-6-21-50/h1-40H. The van der Waals surface area contributed by atoms with E-state index >= 15 is 0 Å². The van der Waals surface area contributed by atoms with Crippen LogP contribution < -0.4 is 4.90 Å². The second-order valence-electron chi connectivity index (χ2n) is 15.4. The van der Waals surface area contributed by atoms with E-state index in [0.29, 0.717) is 0 Å². The maximum Gasteiger partial charge on any atom is 0.0547 e. The Morgan fingerprint density at radius 1 is 0.283 bits per heavy atom. The van der Waals surface area contributed by atoms with Crippen molar-refractivity contribution >= 4 is 49.6 Å². The van der Waals surface area contributed by atoms with Crippen LogP contribution in [0.3, 0.4) is 0 Å². The molecule has 0 atom stereocenters. The Balaban J connectivity index is 1.04. The van der Waals surface area contributed by atoms with E-state index in [4.69, 9.17) is 0 Å². The molecule has 0 aliphatic carbocycles. The van der Waals surface area contributed by atoms with Crippen molar-refractivity contribution in [3.8, 4) is 50.2 Å². The van der Waals surface area contributed by atoms with Crippen LogP contribution in [0.2, 0.25) is 0 Å². The fourth-order valence-corrected chi connectivity index (χ4v) is 8.86. The first kappa shape index (κ1) is 35.2. The van der Waals surface area contributed by atoms with Gasteiger partial charge < -0.3 is 9.47 Å². The van der Waals surface area contributed by atoms with E-state index in [0.717, 1.165) is 22.7 Å². The van der Waals surface area contributed by atoms with Crippen molar-refractivity contribution < 1.29 is 0 Å². The lowest BCUT2D eigenvalue weighted by Gasteiger charge is -2.27. The van der Waals surface area contributed by atoms with E-state index in [9.17, 15) is 0 Å². The van der Waals surface area contributed by atoms with Crippen LogP contribution in [0, 0.1) is 0 Å². The SMILES string of the molecule is c1ccc(-c2ccc(-c3ccc(N(c4cccc(-c5ccc6ccccc6c5)c4)c4cccc(-c5cccc6c5c5ccccc5n6-c5ccccc5)c4)cc3)cc2)cc1. The van der Waals surface area contributed by atoms with Crippen LogP contribution >= 0.6 is 0 Å². The zero-order chi connectivity index (χ0) is 39.8. The van der Waals surface area contributed by atoms with Crippen molar-refractivity contribution in [1.29, 1.82) is 0 Å². The highest BCUT2D eigenvalue weighted by atomic mass is 15.1. The summed E-state index contributed by atoms with van der Waals surface area (Å²) in [5.41, 5.74) is 16.4. The van der Waals surface area contributed by atoms with E-state index in [2.05, 4.69) is 252 Å². The molecule has 2 nitrogen and oxygen atoms in total. The molecule has 2 heteroatoms. The van der Waals surface area contributed by atoms with Gasteiger partial charge in [0.25, 0.3) is 0 Å². The third-order valence-corrected chi connectivity index (χ3v) is 11.8. The van der Waals surface area contributed by atoms with Gasteiger partial charge in [-0.15, -0.1) is 0 Å². The van der Waals surface area contributed by atoms with E-state index in [1.165, 1.54) is 77.1 Å². The molecular formula is C58H40N2. The number of hydrogen-bond donors (Lipinski definition) is 0. The van der Waals surface area contributed by atoms with Crippen molar-refractivity contribution in [1.82, 2.24) is 4.57 Å². The van der Waals surface area contributed by atoms with Gasteiger partial charge in [-0.1, -0.05) is 176 Å². The highest BCUT2D eigenvalue weighted by Gasteiger charge is 2.19. The minimum Gasteiger partial charge on any atom is -0.310 e. The highest BCUT2D eigenvalue weighted by Crippen LogP contribution is 2.42. The molecule has 10 aromatic carbocycles. The maximum absolute atomic E-state index is 2.39. The van der Waals surface area contributed by atoms with Gasteiger partial charge >= 0.3 is 0 Å². The average Bonchev–Trinajstić information content (AvgIpc) is 3.67. The zero-order valence-electron chi connectivity index (χ0n) is 33.0. The molecular weight excluding hydrogens is 725 g/mol. The van der Waals surface area contributed by atoms with E-state index in [1.807, 2.05) is 0 Å². The number of para-hydroxylation sites is 2. The van der Waals surface area contributed by atoms with Gasteiger partial charge in [-0.3, -0.25) is 0 Å². The molecule has 1 aromatic heterocycles. The summed E-state index contributed by atoms with van der Waals surface area (Å²) in [5.74, 6) is 0. The quantitative estimate of drug-likeness (QED) is 0.150. The molecule has 0 amide bonds. The Bertz CT molecular complexity index is 3290. The molecule has 0 bridgehead atoms. The molecule has 0 saturated heterocycles. The van der Waals surface area contributed by atoms with Gasteiger partial charge in [-0.2, -0.15) is 0 Å². The molecule has 0 aliphatic rings. The predicted molar refractivity (Wildman–Crippen MR) is 255 cm³/mol. The zero-order valence-corrected chi connectivity index (χ0v) is 33.0. The van der Waals surface area contributed by atoms with Crippen molar-refractivity contribution in [2.75, 3.05) is 4.90 Å². The minimum absolute atomic E-state index is 1.09. The molecule has 0 fully saturated rings. The van der Waals surface area contributed by atoms with Gasteiger partial charge in [0.1, 0.15) is 0 Å². The molecule has 0 aliphatic heterocycles. The molecule has 60 heavy (non-hydrogen) atoms. The average molecular weight is 765 g/mol. The molecule has 11 aromatic rings. The van der Waals surface area contributed by atoms with Crippen LogP contribution in [0.25, 0.3) is 82.8 Å². The predicted octanol–water partition coefficient (Wildman–Crippen LogP) is 16.1. The first-order valence-electron chi connectivity index (χ1n) is 20.6. The second kappa shape index (κ2) is 15.1. The van der Waals surface area contributed by atoms with Crippen molar-refractivity contribution in [2.45, 2.75) is 0 Å². The van der Waals surface area contributed by atoms with Crippen LogP contribution in [-0.2, 0) is 0 Å². The molecule has 0 spiro atoms. The molecule has 0 unspecified atom stereocenters. The Morgan fingerprint density at radius 3 is 1.52 bits per heavy atom. The summed E-state index contributed by atoms with van der Waals surface area (Å²) in [6, 6.07) is 87.9. The lowest BCUT2D eigenvalue weighted by molar-refractivity contribution is 1.18. The number of benzene rings is 10. The lowest BCUT2D eigenvalue weighted by Crippen LogP contribution is -2.10. The number of aromatic nitrogens is 1. The van der Waals surface area contributed by atoms with E-state index < -0.39 is 0 Å². The number of hydrogen-bond acceptors (Lipinski definition) is 1. The summed E-state index contributed by atoms with van der Waals surface area (Å²) in [4.78, 5) is 2.39. The number of fused-ring (bicyclic) bond motifs is 4. The lowest BCUT2D eigenvalue weighted by atomic mass is 9.98. The minimum atomic E-state index is 1.09. The molecule has 1 heterocycles. The smallest absolute Gasteiger partial charge is 0.0547 e. The molecule has 0 saturated carbocycles. The van der Waals surface area contributed by atoms with Crippen molar-refractivity contribution in [2.24, 2.45) is 0 Å². The van der Waals surface area contributed by atoms with Crippen LogP contribution in [0.1, 0.15) is 0 Å². The third kappa shape index (κ3) is 6.41. The summed E-state index contributed by atoms with van der Waals surface area (Å²) in [6.07, 6.45) is 0. The highest BCUT2D eigenvalue weighted by molar-refractivity contribution is 6.16. The monoisotopic (exact) mass is 764 g/mol. The Kier molecular flexibility index (Phi) is 8.87. The van der Waals surface area contributed by atoms with Crippen LogP contribution in [-0.4, -0.2) is 4.57 Å². The fourth-order valence-electron chi connectivity index (χ4n) is 8.86. The summed E-state index contributed by atoms with van der Waals surface area (Å²) in [7, 11) is 0. The molecule has 282 valence electrons. The summed E-state index contributed by atoms with van der Waals surface area (Å²) in [6.45, 7) is 0. The van der Waals surface area contributed by atoms with Gasteiger partial charge in [-0.25, -0.2) is 0 Å². The number of nitrogens with zero attached hydrogens (tertiary/aromatic N) is 2. The normalized spacial score (nSPS) is 11.3.